The third kappa shape index (κ3) is 4.84. The van der Waals surface area contributed by atoms with Crippen LogP contribution >= 0.6 is 11.3 Å². The zero-order chi connectivity index (χ0) is 21.8. The summed E-state index contributed by atoms with van der Waals surface area (Å²) in [5.74, 6) is 2.28. The van der Waals surface area contributed by atoms with Gasteiger partial charge in [0, 0.05) is 41.2 Å². The molecule has 0 saturated carbocycles. The molecule has 0 radical (unpaired) electrons. The third-order valence-electron chi connectivity index (χ3n) is 5.22. The number of likely N-dealkylation sites (tertiary alicyclic amines) is 1. The first-order valence-electron chi connectivity index (χ1n) is 10.0. The molecule has 7 nitrogen and oxygen atoms in total. The number of benzene rings is 1. The summed E-state index contributed by atoms with van der Waals surface area (Å²) in [4.78, 5) is 35.3. The van der Waals surface area contributed by atoms with E-state index >= 15 is 0 Å². The number of hydrogen-bond donors (Lipinski definition) is 1. The van der Waals surface area contributed by atoms with Crippen LogP contribution in [0, 0.1) is 19.3 Å². The van der Waals surface area contributed by atoms with Crippen molar-refractivity contribution in [2.75, 3.05) is 25.0 Å². The Balaban J connectivity index is 1.36. The van der Waals surface area contributed by atoms with Crippen LogP contribution < -0.4 is 5.32 Å². The van der Waals surface area contributed by atoms with Gasteiger partial charge in [-0.05, 0) is 44.0 Å². The lowest BCUT2D eigenvalue weighted by Crippen LogP contribution is -2.38. The molecule has 1 aliphatic heterocycles. The maximum Gasteiger partial charge on any atom is 0.410 e. The highest BCUT2D eigenvalue weighted by molar-refractivity contribution is 7.10. The molecule has 4 rings (SSSR count). The van der Waals surface area contributed by atoms with E-state index in [1.165, 1.54) is 11.3 Å². The molecule has 3 aromatic rings. The maximum absolute atomic E-state index is 12.7. The molecule has 1 fully saturated rings. The van der Waals surface area contributed by atoms with Gasteiger partial charge in [-0.1, -0.05) is 12.0 Å². The zero-order valence-corrected chi connectivity index (χ0v) is 17.9. The molecule has 1 aliphatic rings. The summed E-state index contributed by atoms with van der Waals surface area (Å²) in [5.41, 5.74) is 2.95. The van der Waals surface area contributed by atoms with E-state index in [0.29, 0.717) is 24.5 Å². The van der Waals surface area contributed by atoms with Crippen LogP contribution in [-0.2, 0) is 4.74 Å². The lowest BCUT2D eigenvalue weighted by atomic mass is 9.98. The summed E-state index contributed by atoms with van der Waals surface area (Å²) in [5, 5.41) is 6.58. The van der Waals surface area contributed by atoms with Crippen LogP contribution in [0.3, 0.4) is 0 Å². The first kappa shape index (κ1) is 20.8. The van der Waals surface area contributed by atoms with Gasteiger partial charge >= 0.3 is 6.09 Å². The van der Waals surface area contributed by atoms with Crippen molar-refractivity contribution >= 4 is 39.9 Å². The van der Waals surface area contributed by atoms with Gasteiger partial charge in [0.05, 0.1) is 10.5 Å². The zero-order valence-electron chi connectivity index (χ0n) is 17.1. The molecule has 3 heterocycles. The van der Waals surface area contributed by atoms with Gasteiger partial charge in [0.25, 0.3) is 5.91 Å². The number of aromatic nitrogens is 2. The summed E-state index contributed by atoms with van der Waals surface area (Å²) in [6.07, 6.45) is 6.29. The van der Waals surface area contributed by atoms with Crippen molar-refractivity contribution in [1.29, 1.82) is 0 Å². The number of rotatable bonds is 4. The van der Waals surface area contributed by atoms with Crippen molar-refractivity contribution in [3.63, 3.8) is 0 Å². The number of fused-ring (bicyclic) bond motifs is 1. The van der Waals surface area contributed by atoms with Gasteiger partial charge in [0.2, 0.25) is 0 Å². The van der Waals surface area contributed by atoms with Crippen molar-refractivity contribution in [3.05, 3.63) is 52.1 Å². The number of anilines is 1. The second-order valence-corrected chi connectivity index (χ2v) is 8.29. The van der Waals surface area contributed by atoms with Gasteiger partial charge < -0.3 is 15.0 Å². The molecule has 158 valence electrons. The number of hydrogen-bond acceptors (Lipinski definition) is 6. The second kappa shape index (κ2) is 9.14. The van der Waals surface area contributed by atoms with Crippen molar-refractivity contribution < 1.29 is 14.3 Å². The minimum absolute atomic E-state index is 0.0168. The molecule has 2 amide bonds. The number of nitrogens with zero attached hydrogens (tertiary/aromatic N) is 3. The molecule has 31 heavy (non-hydrogen) atoms. The minimum Gasteiger partial charge on any atom is -0.436 e. The van der Waals surface area contributed by atoms with E-state index < -0.39 is 0 Å². The fraction of sp³-hybridized carbons (Fsp3) is 0.304. The third-order valence-corrected chi connectivity index (χ3v) is 6.23. The van der Waals surface area contributed by atoms with Crippen LogP contribution in [0.5, 0.6) is 0 Å². The minimum atomic E-state index is -0.378. The average Bonchev–Trinajstić information content (AvgIpc) is 3.28. The maximum atomic E-state index is 12.7. The van der Waals surface area contributed by atoms with E-state index in [4.69, 9.17) is 11.2 Å². The highest BCUT2D eigenvalue weighted by Crippen LogP contribution is 2.31. The predicted octanol–water partition coefficient (Wildman–Crippen LogP) is 4.20. The number of nitrogens with one attached hydrogen (secondary N) is 1. The highest BCUT2D eigenvalue weighted by atomic mass is 32.1. The van der Waals surface area contributed by atoms with Crippen molar-refractivity contribution in [2.24, 2.45) is 0 Å². The average molecular weight is 435 g/mol. The number of carbonyl (C=O) groups excluding carboxylic acids is 2. The van der Waals surface area contributed by atoms with Gasteiger partial charge in [0.15, 0.2) is 6.61 Å². The number of terminal acetylenes is 1. The van der Waals surface area contributed by atoms with Gasteiger partial charge in [-0.3, -0.25) is 9.78 Å². The standard InChI is InChI=1S/C23H22N4O3S/c1-3-12-30-23(29)27-10-8-16(9-11-27)22-26-20(14-31-22)21(28)25-18-6-7-19-17(13-18)5-4-15(2)24-19/h1,4-7,13-14,16H,8-12H2,2H3,(H,25,28). The van der Waals surface area contributed by atoms with Crippen molar-refractivity contribution in [1.82, 2.24) is 14.9 Å². The van der Waals surface area contributed by atoms with E-state index in [1.807, 2.05) is 37.3 Å². The number of pyridine rings is 1. The summed E-state index contributed by atoms with van der Waals surface area (Å²) in [6, 6.07) is 9.58. The molecule has 0 atom stereocenters. The largest absolute Gasteiger partial charge is 0.436 e. The van der Waals surface area contributed by atoms with Crippen LogP contribution in [0.15, 0.2) is 35.7 Å². The van der Waals surface area contributed by atoms with E-state index in [-0.39, 0.29) is 24.5 Å². The highest BCUT2D eigenvalue weighted by Gasteiger charge is 2.27. The van der Waals surface area contributed by atoms with Crippen molar-refractivity contribution in [3.8, 4) is 12.3 Å². The Labute approximate surface area is 184 Å². The number of ether oxygens (including phenoxy) is 1. The monoisotopic (exact) mass is 434 g/mol. The molecular weight excluding hydrogens is 412 g/mol. The Hall–Kier alpha value is -3.44. The summed E-state index contributed by atoms with van der Waals surface area (Å²) < 4.78 is 4.98. The first-order valence-corrected chi connectivity index (χ1v) is 10.9. The number of piperidine rings is 1. The fourth-order valence-electron chi connectivity index (χ4n) is 3.58. The molecule has 1 aromatic carbocycles. The van der Waals surface area contributed by atoms with E-state index in [9.17, 15) is 9.59 Å². The molecule has 1 saturated heterocycles. The lowest BCUT2D eigenvalue weighted by molar-refractivity contribution is 0.102. The second-order valence-electron chi connectivity index (χ2n) is 7.41. The van der Waals surface area contributed by atoms with Crippen LogP contribution in [0.2, 0.25) is 0 Å². The van der Waals surface area contributed by atoms with E-state index in [2.05, 4.69) is 21.2 Å². The summed E-state index contributed by atoms with van der Waals surface area (Å²) >= 11 is 1.48. The Morgan fingerprint density at radius 1 is 1.26 bits per heavy atom. The quantitative estimate of drug-likeness (QED) is 0.622. The van der Waals surface area contributed by atoms with Crippen LogP contribution in [0.1, 0.15) is 39.9 Å². The predicted molar refractivity (Wildman–Crippen MR) is 120 cm³/mol. The Morgan fingerprint density at radius 2 is 2.06 bits per heavy atom. The topological polar surface area (TPSA) is 84.4 Å². The Kier molecular flexibility index (Phi) is 6.14. The number of aryl methyl sites for hydroxylation is 1. The molecule has 0 bridgehead atoms. The van der Waals surface area contributed by atoms with Gasteiger partial charge in [0.1, 0.15) is 5.69 Å². The molecule has 0 unspecified atom stereocenters. The summed E-state index contributed by atoms with van der Waals surface area (Å²) in [6.45, 7) is 3.10. The molecule has 0 aliphatic carbocycles. The van der Waals surface area contributed by atoms with Gasteiger partial charge in [-0.15, -0.1) is 17.8 Å². The Bertz CT molecular complexity index is 1160. The number of amides is 2. The molecular formula is C23H22N4O3S. The lowest BCUT2D eigenvalue weighted by Gasteiger charge is -2.30. The van der Waals surface area contributed by atoms with E-state index in [0.717, 1.165) is 34.4 Å². The van der Waals surface area contributed by atoms with Crippen LogP contribution in [0.25, 0.3) is 10.9 Å². The first-order chi connectivity index (χ1) is 15.0. The number of carbonyl (C=O) groups is 2. The fourth-order valence-corrected chi connectivity index (χ4v) is 4.55. The van der Waals surface area contributed by atoms with Gasteiger partial charge in [-0.2, -0.15) is 0 Å². The number of thiazole rings is 1. The van der Waals surface area contributed by atoms with E-state index in [1.54, 1.807) is 10.3 Å². The Morgan fingerprint density at radius 3 is 2.84 bits per heavy atom. The van der Waals surface area contributed by atoms with Crippen LogP contribution in [0.4, 0.5) is 10.5 Å². The molecule has 8 heteroatoms. The normalized spacial score (nSPS) is 14.3. The smallest absolute Gasteiger partial charge is 0.410 e. The summed E-state index contributed by atoms with van der Waals surface area (Å²) in [7, 11) is 0. The SMILES string of the molecule is C#CCOC(=O)N1CCC(c2nc(C(=O)Nc3ccc4nc(C)ccc4c3)cs2)CC1. The van der Waals surface area contributed by atoms with Crippen molar-refractivity contribution in [2.45, 2.75) is 25.7 Å². The van der Waals surface area contributed by atoms with Gasteiger partial charge in [-0.25, -0.2) is 9.78 Å². The molecule has 2 aromatic heterocycles. The molecule has 1 N–H and O–H groups in total. The molecule has 0 spiro atoms. The van der Waals surface area contributed by atoms with Crippen LogP contribution in [-0.4, -0.2) is 46.6 Å².